The maximum atomic E-state index is 12.7. The second-order valence-electron chi connectivity index (χ2n) is 6.35. The first-order valence-corrected chi connectivity index (χ1v) is 9.60. The molecule has 2 aromatic rings. The predicted octanol–water partition coefficient (Wildman–Crippen LogP) is 3.64. The monoisotopic (exact) mass is 329 g/mol. The van der Waals surface area contributed by atoms with Crippen LogP contribution in [0, 0.1) is 12.8 Å². The fourth-order valence-electron chi connectivity index (χ4n) is 3.16. The molecule has 1 fully saturated rings. The van der Waals surface area contributed by atoms with Crippen molar-refractivity contribution in [3.05, 3.63) is 65.7 Å². The number of hydrogen-bond donors (Lipinski definition) is 0. The van der Waals surface area contributed by atoms with Crippen LogP contribution in [0.25, 0.3) is 0 Å². The van der Waals surface area contributed by atoms with E-state index in [9.17, 15) is 8.42 Å². The Bertz CT molecular complexity index is 731. The maximum absolute atomic E-state index is 12.7. The SMILES string of the molecule is Cc1ccc(S(=O)(=O)N2CCC(Cc3ccccc3)CC2)cc1. The zero-order chi connectivity index (χ0) is 16.3. The molecule has 1 aliphatic heterocycles. The molecule has 4 heteroatoms. The average molecular weight is 329 g/mol. The molecular formula is C19H23NO2S. The first-order valence-electron chi connectivity index (χ1n) is 8.16. The first-order chi connectivity index (χ1) is 11.1. The topological polar surface area (TPSA) is 37.4 Å². The van der Waals surface area contributed by atoms with Gasteiger partial charge in [0.2, 0.25) is 10.0 Å². The quantitative estimate of drug-likeness (QED) is 0.859. The van der Waals surface area contributed by atoms with Crippen LogP contribution in [-0.4, -0.2) is 25.8 Å². The summed E-state index contributed by atoms with van der Waals surface area (Å²) in [5.74, 6) is 0.571. The van der Waals surface area contributed by atoms with E-state index >= 15 is 0 Å². The Labute approximate surface area is 139 Å². The number of piperidine rings is 1. The van der Waals surface area contributed by atoms with Crippen molar-refractivity contribution in [2.24, 2.45) is 5.92 Å². The smallest absolute Gasteiger partial charge is 0.207 e. The summed E-state index contributed by atoms with van der Waals surface area (Å²) < 4.78 is 27.0. The van der Waals surface area contributed by atoms with Gasteiger partial charge < -0.3 is 0 Å². The highest BCUT2D eigenvalue weighted by molar-refractivity contribution is 7.89. The Balaban J connectivity index is 1.63. The molecule has 0 spiro atoms. The molecule has 0 saturated carbocycles. The van der Waals surface area contributed by atoms with E-state index in [1.165, 1.54) is 5.56 Å². The van der Waals surface area contributed by atoms with E-state index in [4.69, 9.17) is 0 Å². The van der Waals surface area contributed by atoms with Crippen LogP contribution < -0.4 is 0 Å². The number of rotatable bonds is 4. The van der Waals surface area contributed by atoms with Crippen LogP contribution in [-0.2, 0) is 16.4 Å². The minimum absolute atomic E-state index is 0.407. The van der Waals surface area contributed by atoms with E-state index < -0.39 is 10.0 Å². The Hall–Kier alpha value is -1.65. The maximum Gasteiger partial charge on any atom is 0.243 e. The van der Waals surface area contributed by atoms with Crippen molar-refractivity contribution in [2.45, 2.75) is 31.1 Å². The van der Waals surface area contributed by atoms with E-state index in [1.54, 1.807) is 16.4 Å². The normalized spacial score (nSPS) is 17.3. The molecule has 0 radical (unpaired) electrons. The molecule has 3 rings (SSSR count). The summed E-state index contributed by atoms with van der Waals surface area (Å²) in [6, 6.07) is 17.6. The highest BCUT2D eigenvalue weighted by Crippen LogP contribution is 2.26. The van der Waals surface area contributed by atoms with Gasteiger partial charge in [-0.3, -0.25) is 0 Å². The van der Waals surface area contributed by atoms with Gasteiger partial charge in [0.05, 0.1) is 4.90 Å². The van der Waals surface area contributed by atoms with Crippen molar-refractivity contribution in [1.82, 2.24) is 4.31 Å². The Morgan fingerprint density at radius 2 is 1.57 bits per heavy atom. The molecule has 2 aromatic carbocycles. The van der Waals surface area contributed by atoms with Gasteiger partial charge in [-0.15, -0.1) is 0 Å². The standard InChI is InChI=1S/C19H23NO2S/c1-16-7-9-19(10-8-16)23(21,22)20-13-11-18(12-14-20)15-17-5-3-2-4-6-17/h2-10,18H,11-15H2,1H3. The Morgan fingerprint density at radius 1 is 0.957 bits per heavy atom. The van der Waals surface area contributed by atoms with Gasteiger partial charge in [0, 0.05) is 13.1 Å². The van der Waals surface area contributed by atoms with Crippen LogP contribution in [0.3, 0.4) is 0 Å². The molecule has 0 amide bonds. The van der Waals surface area contributed by atoms with Crippen molar-refractivity contribution < 1.29 is 8.42 Å². The zero-order valence-electron chi connectivity index (χ0n) is 13.5. The molecule has 0 aromatic heterocycles. The predicted molar refractivity (Wildman–Crippen MR) is 92.8 cm³/mol. The summed E-state index contributed by atoms with van der Waals surface area (Å²) >= 11 is 0. The van der Waals surface area contributed by atoms with Crippen molar-refractivity contribution in [3.8, 4) is 0 Å². The van der Waals surface area contributed by atoms with Crippen molar-refractivity contribution >= 4 is 10.0 Å². The first kappa shape index (κ1) is 16.2. The van der Waals surface area contributed by atoms with E-state index in [-0.39, 0.29) is 0 Å². The van der Waals surface area contributed by atoms with Gasteiger partial charge in [-0.1, -0.05) is 48.0 Å². The minimum atomic E-state index is -3.34. The number of aryl methyl sites for hydroxylation is 1. The Kier molecular flexibility index (Phi) is 4.83. The molecule has 1 heterocycles. The fraction of sp³-hybridized carbons (Fsp3) is 0.368. The zero-order valence-corrected chi connectivity index (χ0v) is 14.3. The molecule has 1 saturated heterocycles. The summed E-state index contributed by atoms with van der Waals surface area (Å²) in [7, 11) is -3.34. The molecule has 0 unspecified atom stereocenters. The van der Waals surface area contributed by atoms with Crippen LogP contribution in [0.1, 0.15) is 24.0 Å². The largest absolute Gasteiger partial charge is 0.243 e. The van der Waals surface area contributed by atoms with E-state index in [1.807, 2.05) is 25.1 Å². The van der Waals surface area contributed by atoms with E-state index in [0.29, 0.717) is 23.9 Å². The number of sulfonamides is 1. The van der Waals surface area contributed by atoms with Gasteiger partial charge in [0.15, 0.2) is 0 Å². The third-order valence-electron chi connectivity index (χ3n) is 4.60. The van der Waals surface area contributed by atoms with Crippen molar-refractivity contribution in [3.63, 3.8) is 0 Å². The molecule has 0 aliphatic carbocycles. The van der Waals surface area contributed by atoms with Crippen LogP contribution in [0.2, 0.25) is 0 Å². The molecule has 23 heavy (non-hydrogen) atoms. The average Bonchev–Trinajstić information content (AvgIpc) is 2.57. The number of nitrogens with zero attached hydrogens (tertiary/aromatic N) is 1. The van der Waals surface area contributed by atoms with Gasteiger partial charge in [-0.2, -0.15) is 4.31 Å². The molecule has 3 nitrogen and oxygen atoms in total. The molecule has 0 bridgehead atoms. The molecule has 0 N–H and O–H groups in total. The van der Waals surface area contributed by atoms with Crippen LogP contribution >= 0.6 is 0 Å². The summed E-state index contributed by atoms with van der Waals surface area (Å²) in [4.78, 5) is 0.407. The molecular weight excluding hydrogens is 306 g/mol. The summed E-state index contributed by atoms with van der Waals surface area (Å²) in [5.41, 5.74) is 2.41. The lowest BCUT2D eigenvalue weighted by Crippen LogP contribution is -2.38. The molecule has 0 atom stereocenters. The van der Waals surface area contributed by atoms with Gasteiger partial charge in [0.25, 0.3) is 0 Å². The third kappa shape index (κ3) is 3.82. The summed E-state index contributed by atoms with van der Waals surface area (Å²) in [6.07, 6.45) is 2.90. The lowest BCUT2D eigenvalue weighted by atomic mass is 9.91. The van der Waals surface area contributed by atoms with Gasteiger partial charge in [-0.25, -0.2) is 8.42 Å². The highest BCUT2D eigenvalue weighted by Gasteiger charge is 2.29. The third-order valence-corrected chi connectivity index (χ3v) is 6.51. The van der Waals surface area contributed by atoms with Gasteiger partial charge in [0.1, 0.15) is 0 Å². The summed E-state index contributed by atoms with van der Waals surface area (Å²) in [6.45, 7) is 3.20. The Morgan fingerprint density at radius 3 is 2.17 bits per heavy atom. The van der Waals surface area contributed by atoms with Crippen LogP contribution in [0.5, 0.6) is 0 Å². The van der Waals surface area contributed by atoms with E-state index in [0.717, 1.165) is 24.8 Å². The lowest BCUT2D eigenvalue weighted by Gasteiger charge is -2.31. The molecule has 122 valence electrons. The second kappa shape index (κ2) is 6.85. The van der Waals surface area contributed by atoms with Crippen LogP contribution in [0.15, 0.2) is 59.5 Å². The highest BCUT2D eigenvalue weighted by atomic mass is 32.2. The second-order valence-corrected chi connectivity index (χ2v) is 8.29. The summed E-state index contributed by atoms with van der Waals surface area (Å²) in [5, 5.41) is 0. The van der Waals surface area contributed by atoms with Crippen molar-refractivity contribution in [1.29, 1.82) is 0 Å². The molecule has 1 aliphatic rings. The van der Waals surface area contributed by atoms with Crippen LogP contribution in [0.4, 0.5) is 0 Å². The number of benzene rings is 2. The van der Waals surface area contributed by atoms with E-state index in [2.05, 4.69) is 24.3 Å². The number of hydrogen-bond acceptors (Lipinski definition) is 2. The lowest BCUT2D eigenvalue weighted by molar-refractivity contribution is 0.273. The van der Waals surface area contributed by atoms with Gasteiger partial charge >= 0.3 is 0 Å². The van der Waals surface area contributed by atoms with Gasteiger partial charge in [-0.05, 0) is 49.8 Å². The van der Waals surface area contributed by atoms with Crippen molar-refractivity contribution in [2.75, 3.05) is 13.1 Å². The minimum Gasteiger partial charge on any atom is -0.207 e. The fourth-order valence-corrected chi connectivity index (χ4v) is 4.63.